The first kappa shape index (κ1) is 8.88. The Hall–Kier alpha value is -1.12. The molecular formula is C7H13N3. The fourth-order valence-corrected chi connectivity index (χ4v) is 0.469. The fourth-order valence-electron chi connectivity index (χ4n) is 0.469. The van der Waals surface area contributed by atoms with Gasteiger partial charge in [-0.15, -0.1) is 0 Å². The number of aliphatic imine (C=N–C) groups is 2. The van der Waals surface area contributed by atoms with Gasteiger partial charge in [-0.3, -0.25) is 4.99 Å². The molecule has 0 aromatic rings. The van der Waals surface area contributed by atoms with Crippen LogP contribution in [0.4, 0.5) is 0 Å². The number of hydrogen-bond donors (Lipinski definition) is 1. The maximum Gasteiger partial charge on any atom is 0.143 e. The minimum Gasteiger partial charge on any atom is -0.369 e. The molecule has 0 radical (unpaired) electrons. The maximum atomic E-state index is 3.88. The summed E-state index contributed by atoms with van der Waals surface area (Å²) in [4.78, 5) is 7.58. The highest BCUT2D eigenvalue weighted by Crippen LogP contribution is 1.88. The summed E-state index contributed by atoms with van der Waals surface area (Å²) >= 11 is 0. The average molecular weight is 139 g/mol. The summed E-state index contributed by atoms with van der Waals surface area (Å²) in [6, 6.07) is 0. The monoisotopic (exact) mass is 139 g/mol. The Labute approximate surface area is 61.6 Å². The van der Waals surface area contributed by atoms with Gasteiger partial charge in [0.05, 0.1) is 6.20 Å². The van der Waals surface area contributed by atoms with Crippen LogP contribution < -0.4 is 5.32 Å². The lowest BCUT2D eigenvalue weighted by Gasteiger charge is -1.98. The summed E-state index contributed by atoms with van der Waals surface area (Å²) in [5, 5.41) is 2.99. The Morgan fingerprint density at radius 2 is 2.40 bits per heavy atom. The standard InChI is InChI=1S/C7H13N3/c1-4-9-6-7(8-3)10-5-2/h4,6,10H,3,5H2,1-2H3/b7-6+,9-4?. The second kappa shape index (κ2) is 6.01. The SMILES string of the molecule is C=N/C(=C\N=CC)NCC. The van der Waals surface area contributed by atoms with Crippen LogP contribution in [0.2, 0.25) is 0 Å². The zero-order valence-corrected chi connectivity index (χ0v) is 6.46. The largest absolute Gasteiger partial charge is 0.369 e. The van der Waals surface area contributed by atoms with E-state index in [9.17, 15) is 0 Å². The molecule has 0 aliphatic carbocycles. The summed E-state index contributed by atoms with van der Waals surface area (Å²) in [6.45, 7) is 8.06. The molecule has 3 nitrogen and oxygen atoms in total. The number of hydrogen-bond acceptors (Lipinski definition) is 3. The minimum absolute atomic E-state index is 0.709. The van der Waals surface area contributed by atoms with Crippen molar-refractivity contribution in [2.45, 2.75) is 13.8 Å². The lowest BCUT2D eigenvalue weighted by molar-refractivity contribution is 0.839. The summed E-state index contributed by atoms with van der Waals surface area (Å²) in [6.07, 6.45) is 3.33. The molecule has 0 heterocycles. The normalized spacial score (nSPS) is 12.0. The smallest absolute Gasteiger partial charge is 0.143 e. The molecule has 0 fully saturated rings. The molecule has 0 saturated carbocycles. The predicted octanol–water partition coefficient (Wildman–Crippen LogP) is 1.19. The Kier molecular flexibility index (Phi) is 5.33. The molecule has 0 amide bonds. The van der Waals surface area contributed by atoms with E-state index in [4.69, 9.17) is 0 Å². The molecule has 0 aliphatic rings. The van der Waals surface area contributed by atoms with Gasteiger partial charge in [-0.25, -0.2) is 4.99 Å². The van der Waals surface area contributed by atoms with Crippen molar-refractivity contribution in [2.24, 2.45) is 9.98 Å². The van der Waals surface area contributed by atoms with E-state index < -0.39 is 0 Å². The van der Waals surface area contributed by atoms with Crippen molar-refractivity contribution < 1.29 is 0 Å². The molecule has 0 saturated heterocycles. The lowest BCUT2D eigenvalue weighted by atomic mass is 10.6. The van der Waals surface area contributed by atoms with E-state index in [1.54, 1.807) is 12.4 Å². The van der Waals surface area contributed by atoms with E-state index in [-0.39, 0.29) is 0 Å². The average Bonchev–Trinajstić information content (AvgIpc) is 1.98. The molecule has 0 spiro atoms. The van der Waals surface area contributed by atoms with Crippen molar-refractivity contribution in [1.29, 1.82) is 0 Å². The van der Waals surface area contributed by atoms with Gasteiger partial charge in [0.2, 0.25) is 0 Å². The van der Waals surface area contributed by atoms with Crippen molar-refractivity contribution in [1.82, 2.24) is 5.32 Å². The molecule has 56 valence electrons. The van der Waals surface area contributed by atoms with Gasteiger partial charge in [-0.1, -0.05) is 0 Å². The molecule has 0 bridgehead atoms. The van der Waals surface area contributed by atoms with Crippen molar-refractivity contribution in [2.75, 3.05) is 6.54 Å². The van der Waals surface area contributed by atoms with E-state index in [1.807, 2.05) is 13.8 Å². The molecule has 0 atom stereocenters. The summed E-state index contributed by atoms with van der Waals surface area (Å²) in [5.74, 6) is 0.709. The Morgan fingerprint density at radius 1 is 1.70 bits per heavy atom. The van der Waals surface area contributed by atoms with Crippen LogP contribution in [0.3, 0.4) is 0 Å². The second-order valence-corrected chi connectivity index (χ2v) is 1.61. The maximum absolute atomic E-state index is 3.88. The zero-order chi connectivity index (χ0) is 7.82. The van der Waals surface area contributed by atoms with Gasteiger partial charge < -0.3 is 5.32 Å². The van der Waals surface area contributed by atoms with Crippen LogP contribution in [0.15, 0.2) is 22.0 Å². The van der Waals surface area contributed by atoms with Crippen LogP contribution in [-0.4, -0.2) is 19.5 Å². The van der Waals surface area contributed by atoms with Gasteiger partial charge in [0, 0.05) is 12.8 Å². The summed E-state index contributed by atoms with van der Waals surface area (Å²) < 4.78 is 0. The number of rotatable bonds is 4. The third-order valence-corrected chi connectivity index (χ3v) is 0.874. The van der Waals surface area contributed by atoms with Crippen molar-refractivity contribution in [3.05, 3.63) is 12.0 Å². The number of nitrogens with one attached hydrogen (secondary N) is 1. The quantitative estimate of drug-likeness (QED) is 0.583. The van der Waals surface area contributed by atoms with Gasteiger partial charge >= 0.3 is 0 Å². The van der Waals surface area contributed by atoms with E-state index in [2.05, 4.69) is 22.0 Å². The fraction of sp³-hybridized carbons (Fsp3) is 0.429. The molecule has 0 aromatic carbocycles. The van der Waals surface area contributed by atoms with E-state index in [0.29, 0.717) is 5.82 Å². The van der Waals surface area contributed by atoms with Crippen LogP contribution in [0.5, 0.6) is 0 Å². The van der Waals surface area contributed by atoms with Crippen LogP contribution in [0, 0.1) is 0 Å². The molecule has 1 N–H and O–H groups in total. The second-order valence-electron chi connectivity index (χ2n) is 1.61. The van der Waals surface area contributed by atoms with Gasteiger partial charge in [0.15, 0.2) is 0 Å². The third kappa shape index (κ3) is 3.83. The van der Waals surface area contributed by atoms with E-state index >= 15 is 0 Å². The predicted molar refractivity (Wildman–Crippen MR) is 45.5 cm³/mol. The minimum atomic E-state index is 0.709. The summed E-state index contributed by atoms with van der Waals surface area (Å²) in [7, 11) is 0. The van der Waals surface area contributed by atoms with Crippen LogP contribution in [0.25, 0.3) is 0 Å². The zero-order valence-electron chi connectivity index (χ0n) is 6.46. The highest BCUT2D eigenvalue weighted by molar-refractivity contribution is 5.54. The Bertz CT molecular complexity index is 147. The van der Waals surface area contributed by atoms with Gasteiger partial charge in [-0.05, 0) is 20.6 Å². The molecule has 0 unspecified atom stereocenters. The first-order valence-electron chi connectivity index (χ1n) is 3.23. The molecular weight excluding hydrogens is 126 g/mol. The van der Waals surface area contributed by atoms with E-state index in [1.165, 1.54) is 0 Å². The molecule has 3 heteroatoms. The third-order valence-electron chi connectivity index (χ3n) is 0.874. The molecule has 10 heavy (non-hydrogen) atoms. The van der Waals surface area contributed by atoms with Crippen LogP contribution >= 0.6 is 0 Å². The Balaban J connectivity index is 3.90. The van der Waals surface area contributed by atoms with Crippen molar-refractivity contribution in [3.63, 3.8) is 0 Å². The number of nitrogens with zero attached hydrogens (tertiary/aromatic N) is 2. The van der Waals surface area contributed by atoms with Crippen molar-refractivity contribution >= 4 is 12.9 Å². The summed E-state index contributed by atoms with van der Waals surface area (Å²) in [5.41, 5.74) is 0. The van der Waals surface area contributed by atoms with Gasteiger partial charge in [0.1, 0.15) is 5.82 Å². The van der Waals surface area contributed by atoms with Crippen molar-refractivity contribution in [3.8, 4) is 0 Å². The molecule has 0 aliphatic heterocycles. The van der Waals surface area contributed by atoms with E-state index in [0.717, 1.165) is 6.54 Å². The Morgan fingerprint density at radius 3 is 2.80 bits per heavy atom. The first-order chi connectivity index (χ1) is 4.85. The topological polar surface area (TPSA) is 36.8 Å². The molecule has 0 rings (SSSR count). The lowest BCUT2D eigenvalue weighted by Crippen LogP contribution is -2.09. The highest BCUT2D eigenvalue weighted by atomic mass is 15.0. The van der Waals surface area contributed by atoms with Gasteiger partial charge in [0.25, 0.3) is 0 Å². The first-order valence-corrected chi connectivity index (χ1v) is 3.23. The van der Waals surface area contributed by atoms with Gasteiger partial charge in [-0.2, -0.15) is 0 Å². The van der Waals surface area contributed by atoms with Crippen LogP contribution in [-0.2, 0) is 0 Å². The highest BCUT2D eigenvalue weighted by Gasteiger charge is 1.83. The molecule has 0 aromatic heterocycles. The van der Waals surface area contributed by atoms with Crippen LogP contribution in [0.1, 0.15) is 13.8 Å².